The van der Waals surface area contributed by atoms with Crippen LogP contribution in [0, 0.1) is 0 Å². The van der Waals surface area contributed by atoms with Crippen molar-refractivity contribution >= 4 is 5.71 Å². The molecule has 2 aliphatic rings. The number of ether oxygens (including phenoxy) is 2. The van der Waals surface area contributed by atoms with E-state index in [4.69, 9.17) is 14.7 Å². The van der Waals surface area contributed by atoms with E-state index in [1.165, 1.54) is 0 Å². The standard InChI is InChI=1S/C13H23NO3/c1-13(2)8-7-12(17-13)9-16-11-5-3-10(14-15)4-6-11/h11-12,15H,3-9H2,1-2H3. The van der Waals surface area contributed by atoms with E-state index in [2.05, 4.69) is 19.0 Å². The Morgan fingerprint density at radius 3 is 2.59 bits per heavy atom. The Balaban J connectivity index is 1.66. The zero-order chi connectivity index (χ0) is 12.3. The van der Waals surface area contributed by atoms with E-state index in [1.54, 1.807) is 0 Å². The van der Waals surface area contributed by atoms with Crippen LogP contribution in [-0.2, 0) is 9.47 Å². The molecule has 0 amide bonds. The minimum Gasteiger partial charge on any atom is -0.411 e. The minimum absolute atomic E-state index is 0.0251. The lowest BCUT2D eigenvalue weighted by Crippen LogP contribution is -2.27. The highest BCUT2D eigenvalue weighted by Gasteiger charge is 2.32. The zero-order valence-corrected chi connectivity index (χ0v) is 10.8. The molecule has 17 heavy (non-hydrogen) atoms. The molecule has 0 bridgehead atoms. The fraction of sp³-hybridized carbons (Fsp3) is 0.923. The molecule has 1 unspecified atom stereocenters. The largest absolute Gasteiger partial charge is 0.411 e. The molecule has 0 spiro atoms. The van der Waals surface area contributed by atoms with Crippen molar-refractivity contribution < 1.29 is 14.7 Å². The van der Waals surface area contributed by atoms with Crippen molar-refractivity contribution in [1.29, 1.82) is 0 Å². The monoisotopic (exact) mass is 241 g/mol. The smallest absolute Gasteiger partial charge is 0.0816 e. The van der Waals surface area contributed by atoms with Gasteiger partial charge in [0.05, 0.1) is 30.1 Å². The van der Waals surface area contributed by atoms with Crippen LogP contribution in [0.3, 0.4) is 0 Å². The lowest BCUT2D eigenvalue weighted by atomic mass is 9.96. The first kappa shape index (κ1) is 12.8. The Hall–Kier alpha value is -0.610. The summed E-state index contributed by atoms with van der Waals surface area (Å²) in [4.78, 5) is 0. The van der Waals surface area contributed by atoms with Gasteiger partial charge in [-0.3, -0.25) is 0 Å². The molecule has 2 rings (SSSR count). The van der Waals surface area contributed by atoms with E-state index < -0.39 is 0 Å². The molecule has 0 aromatic heterocycles. The van der Waals surface area contributed by atoms with Crippen molar-refractivity contribution in [2.24, 2.45) is 5.16 Å². The van der Waals surface area contributed by atoms with Crippen LogP contribution in [0.1, 0.15) is 52.4 Å². The molecule has 4 nitrogen and oxygen atoms in total. The van der Waals surface area contributed by atoms with E-state index >= 15 is 0 Å². The molecule has 0 aromatic carbocycles. The van der Waals surface area contributed by atoms with Crippen LogP contribution in [0.4, 0.5) is 0 Å². The maximum Gasteiger partial charge on any atom is 0.0816 e. The summed E-state index contributed by atoms with van der Waals surface area (Å²) in [6.07, 6.45) is 6.45. The number of nitrogens with zero attached hydrogens (tertiary/aromatic N) is 1. The molecule has 0 radical (unpaired) electrons. The first-order valence-electron chi connectivity index (χ1n) is 6.58. The van der Waals surface area contributed by atoms with Crippen LogP contribution in [0.25, 0.3) is 0 Å². The average Bonchev–Trinajstić information content (AvgIpc) is 2.67. The zero-order valence-electron chi connectivity index (χ0n) is 10.8. The van der Waals surface area contributed by atoms with Crippen molar-refractivity contribution in [3.63, 3.8) is 0 Å². The van der Waals surface area contributed by atoms with Crippen LogP contribution in [0.5, 0.6) is 0 Å². The Kier molecular flexibility index (Phi) is 4.05. The van der Waals surface area contributed by atoms with Crippen LogP contribution < -0.4 is 0 Å². The first-order valence-corrected chi connectivity index (χ1v) is 6.58. The Labute approximate surface area is 103 Å². The lowest BCUT2D eigenvalue weighted by molar-refractivity contribution is -0.0730. The number of hydrogen-bond acceptors (Lipinski definition) is 4. The summed E-state index contributed by atoms with van der Waals surface area (Å²) in [6, 6.07) is 0. The van der Waals surface area contributed by atoms with E-state index in [0.717, 1.165) is 44.2 Å². The molecule has 98 valence electrons. The van der Waals surface area contributed by atoms with Gasteiger partial charge in [0, 0.05) is 0 Å². The molecule has 1 aliphatic heterocycles. The molecule has 0 aromatic rings. The summed E-state index contributed by atoms with van der Waals surface area (Å²) >= 11 is 0. The third-order valence-electron chi connectivity index (χ3n) is 3.72. The van der Waals surface area contributed by atoms with Gasteiger partial charge in [-0.05, 0) is 52.4 Å². The predicted octanol–water partition coefficient (Wildman–Crippen LogP) is 2.73. The number of hydrogen-bond donors (Lipinski definition) is 1. The van der Waals surface area contributed by atoms with E-state index in [9.17, 15) is 0 Å². The summed E-state index contributed by atoms with van der Waals surface area (Å²) in [5.41, 5.74) is 0.931. The summed E-state index contributed by atoms with van der Waals surface area (Å²) in [5.74, 6) is 0. The Morgan fingerprint density at radius 2 is 2.06 bits per heavy atom. The Morgan fingerprint density at radius 1 is 1.35 bits per heavy atom. The van der Waals surface area contributed by atoms with Gasteiger partial charge in [0.2, 0.25) is 0 Å². The summed E-state index contributed by atoms with van der Waals surface area (Å²) < 4.78 is 11.8. The molecule has 1 saturated carbocycles. The molecule has 2 fully saturated rings. The number of rotatable bonds is 3. The molecule has 1 N–H and O–H groups in total. The second kappa shape index (κ2) is 5.36. The SMILES string of the molecule is CC1(C)CCC(COC2CCC(=NO)CC2)O1. The second-order valence-corrected chi connectivity index (χ2v) is 5.74. The predicted molar refractivity (Wildman–Crippen MR) is 65.6 cm³/mol. The van der Waals surface area contributed by atoms with Gasteiger partial charge in [0.15, 0.2) is 0 Å². The quantitative estimate of drug-likeness (QED) is 0.610. The van der Waals surface area contributed by atoms with Crippen LogP contribution >= 0.6 is 0 Å². The molecule has 1 heterocycles. The maximum absolute atomic E-state index is 8.66. The Bertz CT molecular complexity index is 278. The molecular formula is C13H23NO3. The fourth-order valence-corrected chi connectivity index (χ4v) is 2.63. The third-order valence-corrected chi connectivity index (χ3v) is 3.72. The highest BCUT2D eigenvalue weighted by atomic mass is 16.6. The second-order valence-electron chi connectivity index (χ2n) is 5.74. The van der Waals surface area contributed by atoms with Gasteiger partial charge in [-0.2, -0.15) is 0 Å². The molecular weight excluding hydrogens is 218 g/mol. The van der Waals surface area contributed by atoms with Crippen molar-refractivity contribution in [3.05, 3.63) is 0 Å². The van der Waals surface area contributed by atoms with Crippen LogP contribution in [-0.4, -0.2) is 35.3 Å². The van der Waals surface area contributed by atoms with Crippen LogP contribution in [0.15, 0.2) is 5.16 Å². The first-order chi connectivity index (χ1) is 8.09. The third kappa shape index (κ3) is 3.68. The maximum atomic E-state index is 8.66. The topological polar surface area (TPSA) is 51.0 Å². The minimum atomic E-state index is 0.0251. The molecule has 1 aliphatic carbocycles. The van der Waals surface area contributed by atoms with E-state index in [1.807, 2.05) is 0 Å². The summed E-state index contributed by atoms with van der Waals surface area (Å²) in [5, 5.41) is 11.9. The average molecular weight is 241 g/mol. The fourth-order valence-electron chi connectivity index (χ4n) is 2.63. The molecule has 1 atom stereocenters. The van der Waals surface area contributed by atoms with Gasteiger partial charge in [-0.25, -0.2) is 0 Å². The van der Waals surface area contributed by atoms with E-state index in [-0.39, 0.29) is 11.7 Å². The van der Waals surface area contributed by atoms with E-state index in [0.29, 0.717) is 12.7 Å². The van der Waals surface area contributed by atoms with Crippen molar-refractivity contribution in [1.82, 2.24) is 0 Å². The van der Waals surface area contributed by atoms with Gasteiger partial charge < -0.3 is 14.7 Å². The normalized spacial score (nSPS) is 32.7. The summed E-state index contributed by atoms with van der Waals surface area (Å²) in [7, 11) is 0. The summed E-state index contributed by atoms with van der Waals surface area (Å²) in [6.45, 7) is 4.98. The van der Waals surface area contributed by atoms with Gasteiger partial charge >= 0.3 is 0 Å². The van der Waals surface area contributed by atoms with Gasteiger partial charge in [-0.15, -0.1) is 0 Å². The van der Waals surface area contributed by atoms with Crippen molar-refractivity contribution in [2.75, 3.05) is 6.61 Å². The molecule has 4 heteroatoms. The van der Waals surface area contributed by atoms with Crippen molar-refractivity contribution in [3.8, 4) is 0 Å². The van der Waals surface area contributed by atoms with Gasteiger partial charge in [0.25, 0.3) is 0 Å². The highest BCUT2D eigenvalue weighted by molar-refractivity contribution is 5.84. The van der Waals surface area contributed by atoms with Crippen molar-refractivity contribution in [2.45, 2.75) is 70.2 Å². The van der Waals surface area contributed by atoms with Crippen LogP contribution in [0.2, 0.25) is 0 Å². The van der Waals surface area contributed by atoms with Gasteiger partial charge in [-0.1, -0.05) is 5.16 Å². The van der Waals surface area contributed by atoms with Gasteiger partial charge in [0.1, 0.15) is 0 Å². The molecule has 1 saturated heterocycles. The number of oxime groups is 1. The lowest BCUT2D eigenvalue weighted by Gasteiger charge is -2.25. The highest BCUT2D eigenvalue weighted by Crippen LogP contribution is 2.30.